The third kappa shape index (κ3) is 4.34. The van der Waals surface area contributed by atoms with Crippen LogP contribution < -0.4 is 5.32 Å². The molecule has 0 atom stereocenters. The number of carbonyl (C=O) groups excluding carboxylic acids is 1. The number of amides is 1. The van der Waals surface area contributed by atoms with Crippen LogP contribution in [0.4, 0.5) is 5.69 Å². The second-order valence-electron chi connectivity index (χ2n) is 6.51. The van der Waals surface area contributed by atoms with Crippen LogP contribution >= 0.6 is 0 Å². The molecule has 134 valence electrons. The van der Waals surface area contributed by atoms with E-state index in [1.807, 2.05) is 75.4 Å². The Morgan fingerprint density at radius 3 is 2.37 bits per heavy atom. The van der Waals surface area contributed by atoms with Gasteiger partial charge < -0.3 is 9.73 Å². The van der Waals surface area contributed by atoms with E-state index in [9.17, 15) is 10.1 Å². The summed E-state index contributed by atoms with van der Waals surface area (Å²) in [7, 11) is 0. The number of hydrogen-bond donors (Lipinski definition) is 1. The van der Waals surface area contributed by atoms with Crippen molar-refractivity contribution in [1.29, 1.82) is 5.26 Å². The Bertz CT molecular complexity index is 1050. The van der Waals surface area contributed by atoms with Gasteiger partial charge in [0.15, 0.2) is 0 Å². The molecule has 4 heteroatoms. The number of aryl methyl sites for hydroxylation is 3. The average Bonchev–Trinajstić information content (AvgIpc) is 3.11. The van der Waals surface area contributed by atoms with Crippen LogP contribution in [-0.4, -0.2) is 5.91 Å². The Morgan fingerprint density at radius 1 is 1.00 bits per heavy atom. The van der Waals surface area contributed by atoms with E-state index in [4.69, 9.17) is 4.42 Å². The van der Waals surface area contributed by atoms with E-state index in [0.717, 1.165) is 16.7 Å². The maximum atomic E-state index is 12.5. The highest BCUT2D eigenvalue weighted by Gasteiger charge is 2.12. The molecule has 0 bridgehead atoms. The van der Waals surface area contributed by atoms with Gasteiger partial charge >= 0.3 is 0 Å². The van der Waals surface area contributed by atoms with Crippen molar-refractivity contribution >= 4 is 17.7 Å². The van der Waals surface area contributed by atoms with Crippen molar-refractivity contribution in [2.45, 2.75) is 20.8 Å². The van der Waals surface area contributed by atoms with Gasteiger partial charge in [0.1, 0.15) is 23.2 Å². The van der Waals surface area contributed by atoms with Gasteiger partial charge in [0, 0.05) is 17.3 Å². The summed E-state index contributed by atoms with van der Waals surface area (Å²) in [6.45, 7) is 5.92. The standard InChI is InChI=1S/C23H20N2O2/c1-15-4-7-18(8-5-15)22-11-9-20(27-22)13-19(14-24)23(26)25-21-10-6-16(2)12-17(21)3/h4-13H,1-3H3,(H,25,26)/b19-13+. The third-order valence-electron chi connectivity index (χ3n) is 4.24. The van der Waals surface area contributed by atoms with Crippen molar-refractivity contribution in [1.82, 2.24) is 0 Å². The lowest BCUT2D eigenvalue weighted by Crippen LogP contribution is -2.14. The highest BCUT2D eigenvalue weighted by atomic mass is 16.3. The van der Waals surface area contributed by atoms with E-state index in [-0.39, 0.29) is 5.57 Å². The molecule has 0 fully saturated rings. The molecular weight excluding hydrogens is 336 g/mol. The number of nitrogens with zero attached hydrogens (tertiary/aromatic N) is 1. The van der Waals surface area contributed by atoms with Crippen LogP contribution in [0, 0.1) is 32.1 Å². The molecule has 1 N–H and O–H groups in total. The molecule has 1 aromatic heterocycles. The van der Waals surface area contributed by atoms with E-state index < -0.39 is 5.91 Å². The van der Waals surface area contributed by atoms with Gasteiger partial charge in [-0.1, -0.05) is 47.5 Å². The Balaban J connectivity index is 1.81. The van der Waals surface area contributed by atoms with Gasteiger partial charge in [-0.2, -0.15) is 5.26 Å². The molecule has 0 unspecified atom stereocenters. The monoisotopic (exact) mass is 356 g/mol. The Kier molecular flexibility index (Phi) is 5.23. The number of nitrogens with one attached hydrogen (secondary N) is 1. The zero-order chi connectivity index (χ0) is 19.4. The zero-order valence-electron chi connectivity index (χ0n) is 15.5. The number of furan rings is 1. The van der Waals surface area contributed by atoms with Gasteiger partial charge in [-0.3, -0.25) is 4.79 Å². The zero-order valence-corrected chi connectivity index (χ0v) is 15.5. The molecule has 0 aliphatic carbocycles. The second kappa shape index (κ2) is 7.76. The van der Waals surface area contributed by atoms with Gasteiger partial charge in [0.25, 0.3) is 5.91 Å². The quantitative estimate of drug-likeness (QED) is 0.501. The number of hydrogen-bond acceptors (Lipinski definition) is 3. The fraction of sp³-hybridized carbons (Fsp3) is 0.130. The van der Waals surface area contributed by atoms with E-state index in [1.165, 1.54) is 11.6 Å². The van der Waals surface area contributed by atoms with Crippen molar-refractivity contribution in [3.8, 4) is 17.4 Å². The lowest BCUT2D eigenvalue weighted by molar-refractivity contribution is -0.112. The molecule has 2 aromatic carbocycles. The van der Waals surface area contributed by atoms with Crippen LogP contribution in [0.1, 0.15) is 22.5 Å². The van der Waals surface area contributed by atoms with Gasteiger partial charge in [0.2, 0.25) is 0 Å². The molecular formula is C23H20N2O2. The van der Waals surface area contributed by atoms with Crippen molar-refractivity contribution in [3.05, 3.63) is 82.6 Å². The van der Waals surface area contributed by atoms with Gasteiger partial charge in [0.05, 0.1) is 0 Å². The van der Waals surface area contributed by atoms with E-state index in [2.05, 4.69) is 5.32 Å². The van der Waals surface area contributed by atoms with Crippen LogP contribution in [0.2, 0.25) is 0 Å². The molecule has 3 rings (SSSR count). The number of anilines is 1. The van der Waals surface area contributed by atoms with Crippen molar-refractivity contribution in [2.75, 3.05) is 5.32 Å². The van der Waals surface area contributed by atoms with E-state index >= 15 is 0 Å². The fourth-order valence-corrected chi connectivity index (χ4v) is 2.74. The molecule has 0 aliphatic rings. The molecule has 1 heterocycles. The number of carbonyl (C=O) groups is 1. The molecule has 0 aliphatic heterocycles. The Hall–Kier alpha value is -3.58. The molecule has 0 radical (unpaired) electrons. The first-order chi connectivity index (χ1) is 13.0. The molecule has 1 amide bonds. The van der Waals surface area contributed by atoms with Gasteiger partial charge in [-0.15, -0.1) is 0 Å². The summed E-state index contributed by atoms with van der Waals surface area (Å²) in [6.07, 6.45) is 1.45. The first kappa shape index (κ1) is 18.2. The SMILES string of the molecule is Cc1ccc(-c2ccc(/C=C(\C#N)C(=O)Nc3ccc(C)cc3C)o2)cc1. The van der Waals surface area contributed by atoms with E-state index in [1.54, 1.807) is 6.07 Å². The average molecular weight is 356 g/mol. The fourth-order valence-electron chi connectivity index (χ4n) is 2.74. The predicted molar refractivity (Wildman–Crippen MR) is 107 cm³/mol. The molecule has 0 saturated carbocycles. The lowest BCUT2D eigenvalue weighted by Gasteiger charge is -2.08. The minimum atomic E-state index is -0.460. The molecule has 27 heavy (non-hydrogen) atoms. The molecule has 0 saturated heterocycles. The molecule has 4 nitrogen and oxygen atoms in total. The van der Waals surface area contributed by atoms with Crippen LogP contribution in [-0.2, 0) is 4.79 Å². The summed E-state index contributed by atoms with van der Waals surface area (Å²) in [5.74, 6) is 0.684. The molecule has 3 aromatic rings. The minimum Gasteiger partial charge on any atom is -0.457 e. The maximum absolute atomic E-state index is 12.5. The molecule has 0 spiro atoms. The van der Waals surface area contributed by atoms with Crippen LogP contribution in [0.15, 0.2) is 64.6 Å². The lowest BCUT2D eigenvalue weighted by atomic mass is 10.1. The number of nitriles is 1. The Morgan fingerprint density at radius 2 is 1.70 bits per heavy atom. The summed E-state index contributed by atoms with van der Waals surface area (Å²) < 4.78 is 5.77. The Labute approximate surface area is 158 Å². The highest BCUT2D eigenvalue weighted by Crippen LogP contribution is 2.24. The van der Waals surface area contributed by atoms with Crippen LogP contribution in [0.5, 0.6) is 0 Å². The summed E-state index contributed by atoms with van der Waals surface area (Å²) >= 11 is 0. The van der Waals surface area contributed by atoms with E-state index in [0.29, 0.717) is 17.2 Å². The summed E-state index contributed by atoms with van der Waals surface area (Å²) in [4.78, 5) is 12.5. The largest absolute Gasteiger partial charge is 0.457 e. The predicted octanol–water partition coefficient (Wildman–Crippen LogP) is 5.42. The first-order valence-corrected chi connectivity index (χ1v) is 8.63. The third-order valence-corrected chi connectivity index (χ3v) is 4.24. The summed E-state index contributed by atoms with van der Waals surface area (Å²) in [6, 6.07) is 19.2. The number of benzene rings is 2. The van der Waals surface area contributed by atoms with Crippen LogP contribution in [0.3, 0.4) is 0 Å². The first-order valence-electron chi connectivity index (χ1n) is 8.63. The normalized spacial score (nSPS) is 11.1. The highest BCUT2D eigenvalue weighted by molar-refractivity contribution is 6.09. The number of rotatable bonds is 4. The minimum absolute atomic E-state index is 0.0141. The summed E-state index contributed by atoms with van der Waals surface area (Å²) in [5.41, 5.74) is 4.84. The van der Waals surface area contributed by atoms with Crippen molar-refractivity contribution in [2.24, 2.45) is 0 Å². The van der Waals surface area contributed by atoms with Crippen molar-refractivity contribution < 1.29 is 9.21 Å². The van der Waals surface area contributed by atoms with Crippen molar-refractivity contribution in [3.63, 3.8) is 0 Å². The van der Waals surface area contributed by atoms with Gasteiger partial charge in [-0.25, -0.2) is 0 Å². The summed E-state index contributed by atoms with van der Waals surface area (Å²) in [5, 5.41) is 12.2. The smallest absolute Gasteiger partial charge is 0.266 e. The van der Waals surface area contributed by atoms with Crippen LogP contribution in [0.25, 0.3) is 17.4 Å². The maximum Gasteiger partial charge on any atom is 0.266 e. The van der Waals surface area contributed by atoms with Gasteiger partial charge in [-0.05, 0) is 44.5 Å². The topological polar surface area (TPSA) is 66.0 Å². The second-order valence-corrected chi connectivity index (χ2v) is 6.51.